The Balaban J connectivity index is 1.56. The maximum atomic E-state index is 13.1. The summed E-state index contributed by atoms with van der Waals surface area (Å²) in [7, 11) is 0. The van der Waals surface area contributed by atoms with Crippen molar-refractivity contribution in [3.8, 4) is 17.6 Å². The van der Waals surface area contributed by atoms with E-state index < -0.39 is 5.97 Å². The van der Waals surface area contributed by atoms with Crippen molar-refractivity contribution in [2.45, 2.75) is 20.5 Å². The van der Waals surface area contributed by atoms with Gasteiger partial charge in [-0.3, -0.25) is 9.69 Å². The highest BCUT2D eigenvalue weighted by atomic mass is 32.2. The molecule has 0 aromatic heterocycles. The van der Waals surface area contributed by atoms with E-state index in [0.29, 0.717) is 46.0 Å². The molecule has 1 aliphatic heterocycles. The Hall–Kier alpha value is -4.55. The number of carboxylic acid groups (broad SMARTS) is 1. The van der Waals surface area contributed by atoms with E-state index in [9.17, 15) is 14.9 Å². The molecule has 0 unspecified atom stereocenters. The molecule has 0 atom stereocenters. The summed E-state index contributed by atoms with van der Waals surface area (Å²) in [6, 6.07) is 21.0. The van der Waals surface area contributed by atoms with Crippen LogP contribution in [-0.4, -0.2) is 40.2 Å². The lowest BCUT2D eigenvalue weighted by molar-refractivity contribution is -0.122. The number of nitrogens with zero attached hydrogens (tertiary/aromatic N) is 3. The highest BCUT2D eigenvalue weighted by Gasteiger charge is 2.32. The minimum absolute atomic E-state index is 0.162. The molecular weight excluding hydrogens is 502 g/mol. The van der Waals surface area contributed by atoms with Gasteiger partial charge in [-0.2, -0.15) is 5.26 Å². The van der Waals surface area contributed by atoms with Crippen LogP contribution in [0.25, 0.3) is 6.08 Å². The summed E-state index contributed by atoms with van der Waals surface area (Å²) in [4.78, 5) is 30.8. The van der Waals surface area contributed by atoms with Crippen molar-refractivity contribution in [2.75, 3.05) is 13.2 Å². The van der Waals surface area contributed by atoms with Crippen LogP contribution in [0.2, 0.25) is 0 Å². The number of likely N-dealkylation sites (N-methyl/N-ethyl adjacent to an activating group) is 1. The summed E-state index contributed by atoms with van der Waals surface area (Å²) in [5.74, 6) is -0.101. The molecule has 1 N–H and O–H groups in total. The number of amidine groups is 1. The van der Waals surface area contributed by atoms with Gasteiger partial charge < -0.3 is 14.6 Å². The van der Waals surface area contributed by atoms with Crippen LogP contribution in [0.3, 0.4) is 0 Å². The number of benzene rings is 3. The molecule has 1 heterocycles. The van der Waals surface area contributed by atoms with Crippen LogP contribution in [0.15, 0.2) is 76.6 Å². The van der Waals surface area contributed by atoms with E-state index in [2.05, 4.69) is 11.1 Å². The highest BCUT2D eigenvalue weighted by Crippen LogP contribution is 2.36. The van der Waals surface area contributed by atoms with Crippen LogP contribution < -0.4 is 9.47 Å². The zero-order valence-electron chi connectivity index (χ0n) is 20.9. The average molecular weight is 528 g/mol. The third-order valence-corrected chi connectivity index (χ3v) is 6.64. The van der Waals surface area contributed by atoms with Crippen molar-refractivity contribution in [1.82, 2.24) is 4.90 Å². The summed E-state index contributed by atoms with van der Waals surface area (Å²) in [6.07, 6.45) is 1.78. The number of rotatable bonds is 9. The number of thioether (sulfide) groups is 1. The predicted molar refractivity (Wildman–Crippen MR) is 147 cm³/mol. The van der Waals surface area contributed by atoms with Gasteiger partial charge in [0.15, 0.2) is 16.7 Å². The molecular formula is C29H25N3O5S. The highest BCUT2D eigenvalue weighted by molar-refractivity contribution is 8.18. The number of aromatic carboxylic acids is 1. The Labute approximate surface area is 224 Å². The van der Waals surface area contributed by atoms with Gasteiger partial charge in [0.1, 0.15) is 6.61 Å². The minimum Gasteiger partial charge on any atom is -0.490 e. The monoisotopic (exact) mass is 527 g/mol. The number of carbonyl (C=O) groups is 2. The van der Waals surface area contributed by atoms with E-state index >= 15 is 0 Å². The van der Waals surface area contributed by atoms with Crippen LogP contribution in [0.5, 0.6) is 11.5 Å². The van der Waals surface area contributed by atoms with E-state index in [1.807, 2.05) is 44.2 Å². The largest absolute Gasteiger partial charge is 0.490 e. The fourth-order valence-electron chi connectivity index (χ4n) is 3.72. The summed E-state index contributed by atoms with van der Waals surface area (Å²) >= 11 is 1.26. The summed E-state index contributed by atoms with van der Waals surface area (Å²) < 4.78 is 11.8. The predicted octanol–water partition coefficient (Wildman–Crippen LogP) is 5.86. The lowest BCUT2D eigenvalue weighted by Crippen LogP contribution is -2.28. The zero-order chi connectivity index (χ0) is 27.1. The third-order valence-electron chi connectivity index (χ3n) is 5.63. The lowest BCUT2D eigenvalue weighted by atomic mass is 10.1. The molecule has 0 aliphatic carbocycles. The maximum Gasteiger partial charge on any atom is 0.335 e. The number of hydrogen-bond donors (Lipinski definition) is 1. The fourth-order valence-corrected chi connectivity index (χ4v) is 4.79. The van der Waals surface area contributed by atoms with Crippen LogP contribution in [-0.2, 0) is 11.4 Å². The third kappa shape index (κ3) is 6.05. The van der Waals surface area contributed by atoms with Gasteiger partial charge in [0.05, 0.1) is 34.4 Å². The first-order valence-corrected chi connectivity index (χ1v) is 12.8. The summed E-state index contributed by atoms with van der Waals surface area (Å²) in [6.45, 7) is 4.84. The Morgan fingerprint density at radius 3 is 2.53 bits per heavy atom. The molecule has 1 amide bonds. The van der Waals surface area contributed by atoms with E-state index in [4.69, 9.17) is 14.6 Å². The minimum atomic E-state index is -1.01. The van der Waals surface area contributed by atoms with Crippen molar-refractivity contribution in [3.63, 3.8) is 0 Å². The molecule has 1 aliphatic rings. The maximum absolute atomic E-state index is 13.1. The fraction of sp³-hybridized carbons (Fsp3) is 0.172. The molecule has 3 aromatic rings. The van der Waals surface area contributed by atoms with Gasteiger partial charge in [0.25, 0.3) is 5.91 Å². The number of carbonyl (C=O) groups excluding carboxylic acids is 1. The van der Waals surface area contributed by atoms with Crippen LogP contribution in [0.1, 0.15) is 40.9 Å². The molecule has 0 radical (unpaired) electrons. The van der Waals surface area contributed by atoms with Gasteiger partial charge in [-0.25, -0.2) is 9.79 Å². The number of nitriles is 1. The molecule has 1 fully saturated rings. The number of ether oxygens (including phenoxy) is 2. The Bertz CT molecular complexity index is 1460. The molecule has 0 spiro atoms. The van der Waals surface area contributed by atoms with E-state index in [1.54, 1.807) is 35.2 Å². The quantitative estimate of drug-likeness (QED) is 0.347. The molecule has 8 nitrogen and oxygen atoms in total. The van der Waals surface area contributed by atoms with E-state index in [0.717, 1.165) is 11.1 Å². The first-order valence-electron chi connectivity index (χ1n) is 11.9. The van der Waals surface area contributed by atoms with Crippen LogP contribution in [0, 0.1) is 11.3 Å². The molecule has 3 aromatic carbocycles. The molecule has 38 heavy (non-hydrogen) atoms. The number of carboxylic acids is 1. The second-order valence-electron chi connectivity index (χ2n) is 8.10. The average Bonchev–Trinajstić information content (AvgIpc) is 3.22. The van der Waals surface area contributed by atoms with Crippen molar-refractivity contribution in [2.24, 2.45) is 4.99 Å². The first-order chi connectivity index (χ1) is 18.4. The summed E-state index contributed by atoms with van der Waals surface area (Å²) in [5.41, 5.74) is 2.82. The van der Waals surface area contributed by atoms with Gasteiger partial charge in [-0.15, -0.1) is 0 Å². The summed E-state index contributed by atoms with van der Waals surface area (Å²) in [5, 5.41) is 18.9. The molecule has 9 heteroatoms. The lowest BCUT2D eigenvalue weighted by Gasteiger charge is -2.13. The number of amides is 1. The van der Waals surface area contributed by atoms with Crippen molar-refractivity contribution in [3.05, 3.63) is 93.9 Å². The Kier molecular flexibility index (Phi) is 8.46. The standard InChI is InChI=1S/C29H25N3O5S/c1-3-32-27(33)26(38-29(32)31-23-12-10-20(11-13-23)28(34)35)16-19-9-14-24(25(15-19)36-4-2)37-18-22-8-6-5-7-21(22)17-30/h5-16H,3-4,18H2,1-2H3,(H,34,35)/b26-16-,31-29?. The molecule has 192 valence electrons. The molecule has 1 saturated heterocycles. The van der Waals surface area contributed by atoms with Crippen molar-refractivity contribution >= 4 is 40.6 Å². The van der Waals surface area contributed by atoms with Gasteiger partial charge >= 0.3 is 5.97 Å². The molecule has 0 saturated carbocycles. The normalized spacial score (nSPS) is 15.1. The van der Waals surface area contributed by atoms with Crippen LogP contribution >= 0.6 is 11.8 Å². The molecule has 4 rings (SSSR count). The van der Waals surface area contributed by atoms with Gasteiger partial charge in [-0.05, 0) is 79.7 Å². The molecule has 0 bridgehead atoms. The number of aliphatic imine (C=N–C) groups is 1. The van der Waals surface area contributed by atoms with Crippen LogP contribution in [0.4, 0.5) is 5.69 Å². The Morgan fingerprint density at radius 1 is 1.08 bits per heavy atom. The van der Waals surface area contributed by atoms with Gasteiger partial charge in [0, 0.05) is 12.1 Å². The van der Waals surface area contributed by atoms with E-state index in [1.165, 1.54) is 23.9 Å². The zero-order valence-corrected chi connectivity index (χ0v) is 21.7. The second kappa shape index (κ2) is 12.1. The topological polar surface area (TPSA) is 112 Å². The Morgan fingerprint density at radius 2 is 1.84 bits per heavy atom. The first kappa shape index (κ1) is 26.5. The smallest absolute Gasteiger partial charge is 0.335 e. The van der Waals surface area contributed by atoms with Crippen molar-refractivity contribution in [1.29, 1.82) is 5.26 Å². The van der Waals surface area contributed by atoms with E-state index in [-0.39, 0.29) is 18.1 Å². The number of hydrogen-bond acceptors (Lipinski definition) is 7. The second-order valence-corrected chi connectivity index (χ2v) is 9.11. The SMILES string of the molecule is CCOc1cc(/C=C2\SC(=Nc3ccc(C(=O)O)cc3)N(CC)C2=O)ccc1OCc1ccccc1C#N. The van der Waals surface area contributed by atoms with Gasteiger partial charge in [-0.1, -0.05) is 24.3 Å². The van der Waals surface area contributed by atoms with Crippen molar-refractivity contribution < 1.29 is 24.2 Å². The van der Waals surface area contributed by atoms with Gasteiger partial charge in [0.2, 0.25) is 0 Å².